The Hall–Kier alpha value is -1.59. The van der Waals surface area contributed by atoms with E-state index in [1.165, 1.54) is 0 Å². The van der Waals surface area contributed by atoms with Crippen LogP contribution >= 0.6 is 11.6 Å². The standard InChI is InChI=1S/C13H18ClN3O2/c1-17(2)8-7-15-12(18)9-16-13(19)10-5-3-4-6-11(10)14/h3-6H,7-9H2,1-2H3,(H,15,18)(H,16,19). The highest BCUT2D eigenvalue weighted by molar-refractivity contribution is 6.33. The molecule has 0 bridgehead atoms. The number of hydrogen-bond acceptors (Lipinski definition) is 3. The quantitative estimate of drug-likeness (QED) is 0.810. The molecule has 0 aliphatic rings. The van der Waals surface area contributed by atoms with Crippen LogP contribution in [0.3, 0.4) is 0 Å². The van der Waals surface area contributed by atoms with Crippen LogP contribution in [0.15, 0.2) is 24.3 Å². The van der Waals surface area contributed by atoms with Crippen molar-refractivity contribution in [3.8, 4) is 0 Å². The first-order chi connectivity index (χ1) is 9.00. The molecule has 6 heteroatoms. The van der Waals surface area contributed by atoms with Crippen LogP contribution in [0.4, 0.5) is 0 Å². The Bertz CT molecular complexity index is 449. The van der Waals surface area contributed by atoms with Gasteiger partial charge in [-0.2, -0.15) is 0 Å². The normalized spacial score (nSPS) is 10.3. The maximum atomic E-state index is 11.8. The number of carbonyl (C=O) groups is 2. The van der Waals surface area contributed by atoms with Gasteiger partial charge < -0.3 is 15.5 Å². The van der Waals surface area contributed by atoms with Crippen LogP contribution < -0.4 is 10.6 Å². The minimum atomic E-state index is -0.353. The van der Waals surface area contributed by atoms with E-state index in [0.29, 0.717) is 17.1 Å². The van der Waals surface area contributed by atoms with E-state index in [0.717, 1.165) is 6.54 Å². The summed E-state index contributed by atoms with van der Waals surface area (Å²) in [5, 5.41) is 5.60. The van der Waals surface area contributed by atoms with Gasteiger partial charge in [0.05, 0.1) is 17.1 Å². The SMILES string of the molecule is CN(C)CCNC(=O)CNC(=O)c1ccccc1Cl. The zero-order chi connectivity index (χ0) is 14.3. The lowest BCUT2D eigenvalue weighted by Gasteiger charge is -2.11. The summed E-state index contributed by atoms with van der Waals surface area (Å²) < 4.78 is 0. The molecule has 0 radical (unpaired) electrons. The van der Waals surface area contributed by atoms with Crippen LogP contribution in [0.2, 0.25) is 5.02 Å². The molecular formula is C13H18ClN3O2. The van der Waals surface area contributed by atoms with Crippen molar-refractivity contribution < 1.29 is 9.59 Å². The largest absolute Gasteiger partial charge is 0.353 e. The molecule has 0 atom stereocenters. The molecule has 2 amide bonds. The molecule has 5 nitrogen and oxygen atoms in total. The zero-order valence-corrected chi connectivity index (χ0v) is 11.8. The molecule has 0 aromatic heterocycles. The summed E-state index contributed by atoms with van der Waals surface area (Å²) in [4.78, 5) is 25.2. The second kappa shape index (κ2) is 7.76. The van der Waals surface area contributed by atoms with Crippen molar-refractivity contribution in [2.45, 2.75) is 0 Å². The van der Waals surface area contributed by atoms with Crippen molar-refractivity contribution in [2.24, 2.45) is 0 Å². The lowest BCUT2D eigenvalue weighted by atomic mass is 10.2. The third-order valence-electron chi connectivity index (χ3n) is 2.41. The Kier molecular flexibility index (Phi) is 6.32. The predicted octanol–water partition coefficient (Wildman–Crippen LogP) is 0.748. The van der Waals surface area contributed by atoms with E-state index in [9.17, 15) is 9.59 Å². The number of hydrogen-bond donors (Lipinski definition) is 2. The smallest absolute Gasteiger partial charge is 0.253 e. The Balaban J connectivity index is 2.34. The Morgan fingerprint density at radius 3 is 2.53 bits per heavy atom. The van der Waals surface area contributed by atoms with Crippen molar-refractivity contribution in [2.75, 3.05) is 33.7 Å². The summed E-state index contributed by atoms with van der Waals surface area (Å²) in [5.41, 5.74) is 0.366. The highest BCUT2D eigenvalue weighted by atomic mass is 35.5. The van der Waals surface area contributed by atoms with Crippen LogP contribution in [0.1, 0.15) is 10.4 Å². The zero-order valence-electron chi connectivity index (χ0n) is 11.1. The molecule has 0 aliphatic carbocycles. The monoisotopic (exact) mass is 283 g/mol. The van der Waals surface area contributed by atoms with Gasteiger partial charge in [0.2, 0.25) is 5.91 Å². The molecule has 0 saturated carbocycles. The first-order valence-electron chi connectivity index (χ1n) is 5.95. The van der Waals surface area contributed by atoms with Gasteiger partial charge in [0.1, 0.15) is 0 Å². The average Bonchev–Trinajstić information content (AvgIpc) is 2.36. The van der Waals surface area contributed by atoms with Crippen molar-refractivity contribution in [3.63, 3.8) is 0 Å². The van der Waals surface area contributed by atoms with E-state index in [4.69, 9.17) is 11.6 Å². The van der Waals surface area contributed by atoms with Gasteiger partial charge in [0.15, 0.2) is 0 Å². The fourth-order valence-electron chi connectivity index (χ4n) is 1.38. The molecule has 0 saturated heterocycles. The second-order valence-electron chi connectivity index (χ2n) is 4.32. The Morgan fingerprint density at radius 2 is 1.89 bits per heavy atom. The lowest BCUT2D eigenvalue weighted by molar-refractivity contribution is -0.120. The molecule has 1 rings (SSSR count). The number of likely N-dealkylation sites (N-methyl/N-ethyl adjacent to an activating group) is 1. The minimum Gasteiger partial charge on any atom is -0.353 e. The van der Waals surface area contributed by atoms with E-state index >= 15 is 0 Å². The Morgan fingerprint density at radius 1 is 1.21 bits per heavy atom. The summed E-state index contributed by atoms with van der Waals surface area (Å²) in [6, 6.07) is 6.71. The fraction of sp³-hybridized carbons (Fsp3) is 0.385. The van der Waals surface area contributed by atoms with Gasteiger partial charge >= 0.3 is 0 Å². The highest BCUT2D eigenvalue weighted by Gasteiger charge is 2.10. The van der Waals surface area contributed by atoms with Gasteiger partial charge in [-0.25, -0.2) is 0 Å². The number of benzene rings is 1. The fourth-order valence-corrected chi connectivity index (χ4v) is 1.60. The molecule has 0 heterocycles. The Labute approximate surface area is 117 Å². The molecule has 0 aliphatic heterocycles. The second-order valence-corrected chi connectivity index (χ2v) is 4.72. The number of nitrogens with one attached hydrogen (secondary N) is 2. The van der Waals surface area contributed by atoms with Gasteiger partial charge in [-0.3, -0.25) is 9.59 Å². The number of halogens is 1. The van der Waals surface area contributed by atoms with E-state index in [1.807, 2.05) is 19.0 Å². The van der Waals surface area contributed by atoms with Crippen molar-refractivity contribution in [3.05, 3.63) is 34.9 Å². The average molecular weight is 284 g/mol. The number of amides is 2. The molecule has 1 aromatic carbocycles. The van der Waals surface area contributed by atoms with Crippen molar-refractivity contribution in [1.29, 1.82) is 0 Å². The maximum absolute atomic E-state index is 11.8. The number of rotatable bonds is 6. The van der Waals surface area contributed by atoms with Gasteiger partial charge in [0, 0.05) is 13.1 Å². The summed E-state index contributed by atoms with van der Waals surface area (Å²) in [5.74, 6) is -0.574. The van der Waals surface area contributed by atoms with Crippen LogP contribution in [0.25, 0.3) is 0 Å². The summed E-state index contributed by atoms with van der Waals surface area (Å²) in [6.45, 7) is 1.25. The van der Waals surface area contributed by atoms with Crippen LogP contribution in [-0.2, 0) is 4.79 Å². The van der Waals surface area contributed by atoms with Crippen LogP contribution in [0.5, 0.6) is 0 Å². The molecule has 104 valence electrons. The maximum Gasteiger partial charge on any atom is 0.253 e. The van der Waals surface area contributed by atoms with Crippen LogP contribution in [0, 0.1) is 0 Å². The summed E-state index contributed by atoms with van der Waals surface area (Å²) >= 11 is 5.89. The topological polar surface area (TPSA) is 61.4 Å². The van der Waals surface area contributed by atoms with Gasteiger partial charge in [-0.1, -0.05) is 23.7 Å². The molecule has 2 N–H and O–H groups in total. The molecule has 0 fully saturated rings. The van der Waals surface area contributed by atoms with E-state index in [2.05, 4.69) is 10.6 Å². The lowest BCUT2D eigenvalue weighted by Crippen LogP contribution is -2.39. The molecule has 0 unspecified atom stereocenters. The minimum absolute atomic E-state index is 0.0581. The molecule has 19 heavy (non-hydrogen) atoms. The highest BCUT2D eigenvalue weighted by Crippen LogP contribution is 2.14. The van der Waals surface area contributed by atoms with Gasteiger partial charge in [-0.05, 0) is 26.2 Å². The first-order valence-corrected chi connectivity index (χ1v) is 6.32. The van der Waals surface area contributed by atoms with Crippen molar-refractivity contribution >= 4 is 23.4 Å². The van der Waals surface area contributed by atoms with E-state index in [1.54, 1.807) is 24.3 Å². The number of nitrogens with zero attached hydrogens (tertiary/aromatic N) is 1. The third kappa shape index (κ3) is 5.72. The van der Waals surface area contributed by atoms with E-state index < -0.39 is 0 Å². The molecular weight excluding hydrogens is 266 g/mol. The summed E-state index contributed by atoms with van der Waals surface area (Å²) in [6.07, 6.45) is 0. The van der Waals surface area contributed by atoms with Crippen molar-refractivity contribution in [1.82, 2.24) is 15.5 Å². The molecule has 1 aromatic rings. The first kappa shape index (κ1) is 15.5. The van der Waals surface area contributed by atoms with Crippen LogP contribution in [-0.4, -0.2) is 50.4 Å². The third-order valence-corrected chi connectivity index (χ3v) is 2.74. The number of carbonyl (C=O) groups excluding carboxylic acids is 2. The molecule has 0 spiro atoms. The van der Waals surface area contributed by atoms with Gasteiger partial charge in [0.25, 0.3) is 5.91 Å². The predicted molar refractivity (Wildman–Crippen MR) is 75.3 cm³/mol. The summed E-state index contributed by atoms with van der Waals surface area (Å²) in [7, 11) is 3.84. The van der Waals surface area contributed by atoms with Gasteiger partial charge in [-0.15, -0.1) is 0 Å². The van der Waals surface area contributed by atoms with E-state index in [-0.39, 0.29) is 18.4 Å².